The van der Waals surface area contributed by atoms with Crippen LogP contribution in [0.2, 0.25) is 0 Å². The molecular weight excluding hydrogens is 757 g/mol. The average Bonchev–Trinajstić information content (AvgIpc) is 3.26. The second kappa shape index (κ2) is 50.5. The van der Waals surface area contributed by atoms with Crippen LogP contribution in [0, 0.1) is 0 Å². The molecule has 358 valence electrons. The van der Waals surface area contributed by atoms with Gasteiger partial charge < -0.3 is 14.2 Å². The van der Waals surface area contributed by atoms with Crippen molar-refractivity contribution in [2.75, 3.05) is 13.2 Å². The van der Waals surface area contributed by atoms with Crippen LogP contribution in [0.15, 0.2) is 24.3 Å². The van der Waals surface area contributed by atoms with Crippen molar-refractivity contribution in [2.24, 2.45) is 0 Å². The smallest absolute Gasteiger partial charge is 0.306 e. The van der Waals surface area contributed by atoms with Gasteiger partial charge in [-0.1, -0.05) is 225 Å². The first-order valence-electron chi connectivity index (χ1n) is 26.8. The maximum Gasteiger partial charge on any atom is 0.306 e. The Balaban J connectivity index is 4.35. The van der Waals surface area contributed by atoms with E-state index >= 15 is 0 Å². The first-order valence-corrected chi connectivity index (χ1v) is 26.8. The maximum atomic E-state index is 12.8. The van der Waals surface area contributed by atoms with Gasteiger partial charge in [0.2, 0.25) is 0 Å². The van der Waals surface area contributed by atoms with E-state index in [0.29, 0.717) is 19.3 Å². The van der Waals surface area contributed by atoms with E-state index in [1.54, 1.807) is 0 Å². The number of rotatable bonds is 49. The van der Waals surface area contributed by atoms with Gasteiger partial charge in [0.15, 0.2) is 6.10 Å². The monoisotopic (exact) mass is 859 g/mol. The number of unbranched alkanes of at least 4 members (excludes halogenated alkanes) is 34. The quantitative estimate of drug-likeness (QED) is 0.0262. The molecule has 61 heavy (non-hydrogen) atoms. The standard InChI is InChI=1S/C55H102O6/c1-4-7-10-13-16-19-22-25-27-30-32-35-38-41-44-47-53(56)59-50-52(61-55(58)49-46-43-40-37-34-29-24-21-18-15-12-9-6-3)51-60-54(57)48-45-42-39-36-33-31-28-26-23-20-17-14-11-8-5-2/h21,24-25,27,52H,4-20,22-23,26,28-51H2,1-3H3/b24-21+,27-25-. The zero-order valence-corrected chi connectivity index (χ0v) is 40.9. The zero-order valence-electron chi connectivity index (χ0n) is 40.9. The van der Waals surface area contributed by atoms with E-state index in [1.807, 2.05) is 0 Å². The molecule has 0 heterocycles. The lowest BCUT2D eigenvalue weighted by Crippen LogP contribution is -2.30. The summed E-state index contributed by atoms with van der Waals surface area (Å²) in [4.78, 5) is 38.0. The normalized spacial score (nSPS) is 12.1. The lowest BCUT2D eigenvalue weighted by atomic mass is 10.0. The van der Waals surface area contributed by atoms with Crippen LogP contribution in [0.5, 0.6) is 0 Å². The minimum absolute atomic E-state index is 0.0733. The van der Waals surface area contributed by atoms with E-state index < -0.39 is 6.10 Å². The average molecular weight is 859 g/mol. The fourth-order valence-electron chi connectivity index (χ4n) is 7.84. The third-order valence-corrected chi connectivity index (χ3v) is 11.9. The molecule has 0 rings (SSSR count). The van der Waals surface area contributed by atoms with Crippen LogP contribution < -0.4 is 0 Å². The van der Waals surface area contributed by atoms with E-state index in [1.165, 1.54) is 180 Å². The predicted octanol–water partition coefficient (Wildman–Crippen LogP) is 17.5. The van der Waals surface area contributed by atoms with Crippen molar-refractivity contribution in [1.29, 1.82) is 0 Å². The molecule has 0 aromatic carbocycles. The summed E-state index contributed by atoms with van der Waals surface area (Å²) >= 11 is 0. The molecule has 0 aromatic rings. The molecule has 1 unspecified atom stereocenters. The molecule has 0 spiro atoms. The molecule has 0 N–H and O–H groups in total. The Bertz CT molecular complexity index is 989. The molecule has 0 saturated carbocycles. The lowest BCUT2D eigenvalue weighted by Gasteiger charge is -2.18. The number of hydrogen-bond donors (Lipinski definition) is 0. The van der Waals surface area contributed by atoms with Crippen molar-refractivity contribution in [3.05, 3.63) is 24.3 Å². The number of carbonyl (C=O) groups excluding carboxylic acids is 3. The van der Waals surface area contributed by atoms with Gasteiger partial charge in [-0.25, -0.2) is 0 Å². The van der Waals surface area contributed by atoms with Crippen LogP contribution in [-0.4, -0.2) is 37.2 Å². The highest BCUT2D eigenvalue weighted by Crippen LogP contribution is 2.16. The van der Waals surface area contributed by atoms with E-state index in [-0.39, 0.29) is 31.1 Å². The Kier molecular flexibility index (Phi) is 48.8. The van der Waals surface area contributed by atoms with Crippen LogP contribution in [0.25, 0.3) is 0 Å². The van der Waals surface area contributed by atoms with Crippen molar-refractivity contribution in [1.82, 2.24) is 0 Å². The summed E-state index contributed by atoms with van der Waals surface area (Å²) in [6.07, 6.45) is 57.3. The number of esters is 3. The summed E-state index contributed by atoms with van der Waals surface area (Å²) in [5.41, 5.74) is 0. The molecule has 1 atom stereocenters. The number of ether oxygens (including phenoxy) is 3. The first-order chi connectivity index (χ1) is 30.0. The van der Waals surface area contributed by atoms with Gasteiger partial charge in [-0.3, -0.25) is 14.4 Å². The fraction of sp³-hybridized carbons (Fsp3) is 0.873. The zero-order chi connectivity index (χ0) is 44.4. The largest absolute Gasteiger partial charge is 0.462 e. The molecule has 0 fully saturated rings. The van der Waals surface area contributed by atoms with Crippen molar-refractivity contribution in [2.45, 2.75) is 297 Å². The fourth-order valence-corrected chi connectivity index (χ4v) is 7.84. The minimum Gasteiger partial charge on any atom is -0.462 e. The Labute approximate surface area is 379 Å². The lowest BCUT2D eigenvalue weighted by molar-refractivity contribution is -0.167. The molecule has 0 saturated heterocycles. The first kappa shape index (κ1) is 58.9. The maximum absolute atomic E-state index is 12.8. The third kappa shape index (κ3) is 48.8. The number of allylic oxidation sites excluding steroid dienone is 4. The van der Waals surface area contributed by atoms with Crippen LogP contribution in [0.4, 0.5) is 0 Å². The summed E-state index contributed by atoms with van der Waals surface area (Å²) in [5, 5.41) is 0. The Morgan fingerprint density at radius 3 is 0.836 bits per heavy atom. The molecule has 0 aliphatic carbocycles. The molecule has 0 radical (unpaired) electrons. The summed E-state index contributed by atoms with van der Waals surface area (Å²) in [5.74, 6) is -0.876. The van der Waals surface area contributed by atoms with Gasteiger partial charge in [0.1, 0.15) is 13.2 Å². The van der Waals surface area contributed by atoms with Gasteiger partial charge in [0, 0.05) is 19.3 Å². The molecule has 0 aliphatic heterocycles. The molecule has 6 heteroatoms. The van der Waals surface area contributed by atoms with Gasteiger partial charge in [0.25, 0.3) is 0 Å². The van der Waals surface area contributed by atoms with Crippen LogP contribution in [0.3, 0.4) is 0 Å². The Hall–Kier alpha value is -2.11. The second-order valence-corrected chi connectivity index (χ2v) is 18.1. The van der Waals surface area contributed by atoms with E-state index in [9.17, 15) is 14.4 Å². The van der Waals surface area contributed by atoms with Gasteiger partial charge >= 0.3 is 17.9 Å². The Morgan fingerprint density at radius 1 is 0.311 bits per heavy atom. The summed E-state index contributed by atoms with van der Waals surface area (Å²) in [6.45, 7) is 6.64. The molecular formula is C55H102O6. The highest BCUT2D eigenvalue weighted by molar-refractivity contribution is 5.71. The molecule has 0 amide bonds. The predicted molar refractivity (Wildman–Crippen MR) is 261 cm³/mol. The van der Waals surface area contributed by atoms with Crippen molar-refractivity contribution >= 4 is 17.9 Å². The molecule has 6 nitrogen and oxygen atoms in total. The minimum atomic E-state index is -0.774. The van der Waals surface area contributed by atoms with Gasteiger partial charge in [-0.2, -0.15) is 0 Å². The van der Waals surface area contributed by atoms with E-state index in [0.717, 1.165) is 70.6 Å². The van der Waals surface area contributed by atoms with E-state index in [4.69, 9.17) is 14.2 Å². The van der Waals surface area contributed by atoms with Crippen LogP contribution in [0.1, 0.15) is 290 Å². The van der Waals surface area contributed by atoms with Gasteiger partial charge in [-0.05, 0) is 70.6 Å². The topological polar surface area (TPSA) is 78.9 Å². The molecule has 0 aromatic heterocycles. The molecule has 0 aliphatic rings. The van der Waals surface area contributed by atoms with Crippen LogP contribution in [-0.2, 0) is 28.6 Å². The third-order valence-electron chi connectivity index (χ3n) is 11.9. The summed E-state index contributed by atoms with van der Waals surface area (Å²) in [7, 11) is 0. The summed E-state index contributed by atoms with van der Waals surface area (Å²) in [6, 6.07) is 0. The summed E-state index contributed by atoms with van der Waals surface area (Å²) < 4.78 is 16.8. The highest BCUT2D eigenvalue weighted by atomic mass is 16.6. The highest BCUT2D eigenvalue weighted by Gasteiger charge is 2.19. The second-order valence-electron chi connectivity index (χ2n) is 18.1. The van der Waals surface area contributed by atoms with Crippen molar-refractivity contribution in [3.8, 4) is 0 Å². The Morgan fingerprint density at radius 2 is 0.541 bits per heavy atom. The van der Waals surface area contributed by atoms with Gasteiger partial charge in [-0.15, -0.1) is 0 Å². The number of carbonyl (C=O) groups is 3. The van der Waals surface area contributed by atoms with Gasteiger partial charge in [0.05, 0.1) is 0 Å². The number of hydrogen-bond acceptors (Lipinski definition) is 6. The van der Waals surface area contributed by atoms with Crippen molar-refractivity contribution < 1.29 is 28.6 Å². The SMILES string of the molecule is CCCCCC/C=C/CCCCCCCC(=O)OC(COC(=O)CCCCCCC/C=C\CCCCCCCC)COC(=O)CCCCCCCCCCCCCCCCC. The van der Waals surface area contributed by atoms with E-state index in [2.05, 4.69) is 45.1 Å². The van der Waals surface area contributed by atoms with Crippen LogP contribution >= 0.6 is 0 Å². The van der Waals surface area contributed by atoms with Crippen molar-refractivity contribution in [3.63, 3.8) is 0 Å². The molecule has 0 bridgehead atoms.